The van der Waals surface area contributed by atoms with E-state index in [4.69, 9.17) is 23.4 Å². The van der Waals surface area contributed by atoms with E-state index in [9.17, 15) is 50.8 Å². The SMILES string of the molecule is O=c1c(O[C@H]2O[C@@H](CO)[C@H](O)[C@@H](O)[C@@H]2O)c(-c2ccc(O[C@H]3OC[C@H](O)[C@@H](O)[C@@H]3O)cc2)oc2cc(O)cc(O)c12. The van der Waals surface area contributed by atoms with Gasteiger partial charge < -0.3 is 69.3 Å². The molecule has 41 heavy (non-hydrogen) atoms. The van der Waals surface area contributed by atoms with Gasteiger partial charge in [-0.05, 0) is 24.3 Å². The minimum atomic E-state index is -1.87. The molecule has 2 fully saturated rings. The van der Waals surface area contributed by atoms with Crippen LogP contribution < -0.4 is 14.9 Å². The summed E-state index contributed by atoms with van der Waals surface area (Å²) in [6.07, 6.45) is -14.1. The van der Waals surface area contributed by atoms with E-state index in [1.54, 1.807) is 0 Å². The number of aliphatic hydroxyl groups is 7. The van der Waals surface area contributed by atoms with Gasteiger partial charge in [0.05, 0.1) is 13.2 Å². The van der Waals surface area contributed by atoms with Crippen LogP contribution in [0.2, 0.25) is 0 Å². The molecule has 222 valence electrons. The monoisotopic (exact) mass is 580 g/mol. The molecule has 0 unspecified atom stereocenters. The van der Waals surface area contributed by atoms with Crippen molar-refractivity contribution >= 4 is 11.0 Å². The molecule has 0 amide bonds. The van der Waals surface area contributed by atoms with Crippen LogP contribution in [0.3, 0.4) is 0 Å². The number of aliphatic hydroxyl groups excluding tert-OH is 7. The molecular weight excluding hydrogens is 552 g/mol. The van der Waals surface area contributed by atoms with E-state index in [-0.39, 0.29) is 34.6 Å². The Morgan fingerprint density at radius 1 is 0.829 bits per heavy atom. The number of phenolic OH excluding ortho intramolecular Hbond substituents is 2. The summed E-state index contributed by atoms with van der Waals surface area (Å²) in [6.45, 7) is -1.03. The molecular formula is C26H28O15. The summed E-state index contributed by atoms with van der Waals surface area (Å²) in [5.74, 6) is -1.74. The van der Waals surface area contributed by atoms with Crippen molar-refractivity contribution in [1.29, 1.82) is 0 Å². The van der Waals surface area contributed by atoms with E-state index < -0.39 is 84.6 Å². The van der Waals surface area contributed by atoms with E-state index in [2.05, 4.69) is 0 Å². The van der Waals surface area contributed by atoms with Crippen LogP contribution in [0.5, 0.6) is 23.0 Å². The zero-order valence-corrected chi connectivity index (χ0v) is 21.0. The molecule has 2 aliphatic rings. The van der Waals surface area contributed by atoms with Gasteiger partial charge >= 0.3 is 0 Å². The lowest BCUT2D eigenvalue weighted by atomic mass is 9.99. The predicted octanol–water partition coefficient (Wildman–Crippen LogP) is -2.13. The third-order valence-electron chi connectivity index (χ3n) is 6.82. The quantitative estimate of drug-likeness (QED) is 0.151. The molecule has 5 rings (SSSR count). The first-order chi connectivity index (χ1) is 19.5. The average Bonchev–Trinajstić information content (AvgIpc) is 2.94. The van der Waals surface area contributed by atoms with Gasteiger partial charge in [0.2, 0.25) is 23.8 Å². The molecule has 0 bridgehead atoms. The smallest absolute Gasteiger partial charge is 0.239 e. The third kappa shape index (κ3) is 5.42. The molecule has 9 atom stereocenters. The molecule has 1 aromatic heterocycles. The Labute approximate surface area is 230 Å². The van der Waals surface area contributed by atoms with E-state index in [0.29, 0.717) is 0 Å². The molecule has 0 saturated carbocycles. The molecule has 3 heterocycles. The summed E-state index contributed by atoms with van der Waals surface area (Å²) in [5, 5.41) is 89.6. The van der Waals surface area contributed by atoms with Crippen molar-refractivity contribution in [3.63, 3.8) is 0 Å². The summed E-state index contributed by atoms with van der Waals surface area (Å²) < 4.78 is 27.6. The van der Waals surface area contributed by atoms with Crippen LogP contribution in [0.1, 0.15) is 0 Å². The summed E-state index contributed by atoms with van der Waals surface area (Å²) in [7, 11) is 0. The highest BCUT2D eigenvalue weighted by Gasteiger charge is 2.45. The van der Waals surface area contributed by atoms with Crippen molar-refractivity contribution in [1.82, 2.24) is 0 Å². The van der Waals surface area contributed by atoms with E-state index in [0.717, 1.165) is 12.1 Å². The molecule has 2 aromatic carbocycles. The van der Waals surface area contributed by atoms with Crippen molar-refractivity contribution in [2.45, 2.75) is 55.3 Å². The van der Waals surface area contributed by atoms with Crippen molar-refractivity contribution in [2.75, 3.05) is 13.2 Å². The highest BCUT2D eigenvalue weighted by atomic mass is 16.7. The van der Waals surface area contributed by atoms with E-state index in [1.807, 2.05) is 0 Å². The van der Waals surface area contributed by atoms with Crippen LogP contribution in [0.25, 0.3) is 22.3 Å². The lowest BCUT2D eigenvalue weighted by molar-refractivity contribution is -0.277. The fraction of sp³-hybridized carbons (Fsp3) is 0.423. The Balaban J connectivity index is 1.52. The summed E-state index contributed by atoms with van der Waals surface area (Å²) in [6, 6.07) is 7.58. The topological polar surface area (TPSA) is 249 Å². The summed E-state index contributed by atoms with van der Waals surface area (Å²) in [5.41, 5.74) is -0.989. The third-order valence-corrected chi connectivity index (χ3v) is 6.82. The number of hydrogen-bond acceptors (Lipinski definition) is 15. The van der Waals surface area contributed by atoms with Crippen LogP contribution >= 0.6 is 0 Å². The zero-order chi connectivity index (χ0) is 29.6. The molecule has 0 aliphatic carbocycles. The number of aromatic hydroxyl groups is 2. The maximum absolute atomic E-state index is 13.5. The van der Waals surface area contributed by atoms with Crippen molar-refractivity contribution in [2.24, 2.45) is 0 Å². The van der Waals surface area contributed by atoms with Crippen LogP contribution in [-0.4, -0.2) is 114 Å². The molecule has 0 spiro atoms. The van der Waals surface area contributed by atoms with Crippen molar-refractivity contribution < 1.29 is 69.3 Å². The van der Waals surface area contributed by atoms with Crippen molar-refractivity contribution in [3.8, 4) is 34.3 Å². The molecule has 2 saturated heterocycles. The standard InChI is InChI=1S/C26H28O15/c27-7-15-18(32)20(34)22(36)26(40-15)41-24-19(33)16-12(29)5-10(28)6-14(16)39-23(24)9-1-3-11(4-2-9)38-25-21(35)17(31)13(30)8-37-25/h1-6,13,15,17-18,20-22,25-32,34-36H,7-8H2/t13-,15-,17+,18-,20+,21-,22-,25+,26+/m0/s1. The summed E-state index contributed by atoms with van der Waals surface area (Å²) >= 11 is 0. The van der Waals surface area contributed by atoms with Gasteiger partial charge in [-0.15, -0.1) is 0 Å². The summed E-state index contributed by atoms with van der Waals surface area (Å²) in [4.78, 5) is 13.5. The molecule has 3 aromatic rings. The van der Waals surface area contributed by atoms with Gasteiger partial charge in [-0.3, -0.25) is 4.79 Å². The van der Waals surface area contributed by atoms with Crippen LogP contribution in [0.4, 0.5) is 0 Å². The minimum Gasteiger partial charge on any atom is -0.508 e. The number of benzene rings is 2. The first kappa shape index (κ1) is 29.0. The zero-order valence-electron chi connectivity index (χ0n) is 21.0. The number of phenols is 2. The van der Waals surface area contributed by atoms with E-state index >= 15 is 0 Å². The second-order valence-electron chi connectivity index (χ2n) is 9.64. The average molecular weight is 580 g/mol. The normalized spacial score (nSPS) is 32.1. The van der Waals surface area contributed by atoms with Gasteiger partial charge in [0, 0.05) is 17.7 Å². The predicted molar refractivity (Wildman–Crippen MR) is 134 cm³/mol. The molecule has 9 N–H and O–H groups in total. The molecule has 15 heteroatoms. The van der Waals surface area contributed by atoms with Gasteiger partial charge in [-0.25, -0.2) is 0 Å². The Morgan fingerprint density at radius 3 is 2.20 bits per heavy atom. The Bertz CT molecular complexity index is 1440. The molecule has 15 nitrogen and oxygen atoms in total. The Kier molecular flexibility index (Phi) is 8.06. The van der Waals surface area contributed by atoms with Crippen LogP contribution in [0.15, 0.2) is 45.6 Å². The van der Waals surface area contributed by atoms with Crippen LogP contribution in [0, 0.1) is 0 Å². The number of ether oxygens (including phenoxy) is 4. The minimum absolute atomic E-state index is 0.149. The van der Waals surface area contributed by atoms with Gasteiger partial charge in [0.15, 0.2) is 5.76 Å². The second kappa shape index (κ2) is 11.4. The van der Waals surface area contributed by atoms with E-state index in [1.165, 1.54) is 24.3 Å². The fourth-order valence-corrected chi connectivity index (χ4v) is 4.55. The number of rotatable bonds is 6. The molecule has 2 aliphatic heterocycles. The molecule has 0 radical (unpaired) electrons. The largest absolute Gasteiger partial charge is 0.508 e. The van der Waals surface area contributed by atoms with Crippen LogP contribution in [-0.2, 0) is 9.47 Å². The Hall–Kier alpha value is -3.51. The Morgan fingerprint density at radius 2 is 1.51 bits per heavy atom. The fourth-order valence-electron chi connectivity index (χ4n) is 4.55. The highest BCUT2D eigenvalue weighted by molar-refractivity contribution is 5.88. The second-order valence-corrected chi connectivity index (χ2v) is 9.64. The van der Waals surface area contributed by atoms with Crippen molar-refractivity contribution in [3.05, 3.63) is 46.6 Å². The maximum Gasteiger partial charge on any atom is 0.239 e. The number of fused-ring (bicyclic) bond motifs is 1. The first-order valence-corrected chi connectivity index (χ1v) is 12.4. The van der Waals surface area contributed by atoms with Gasteiger partial charge in [0.25, 0.3) is 0 Å². The van der Waals surface area contributed by atoms with Gasteiger partial charge in [-0.2, -0.15) is 0 Å². The maximum atomic E-state index is 13.5. The number of hydrogen-bond donors (Lipinski definition) is 9. The first-order valence-electron chi connectivity index (χ1n) is 12.4. The highest BCUT2D eigenvalue weighted by Crippen LogP contribution is 2.37. The lowest BCUT2D eigenvalue weighted by Gasteiger charge is -2.39. The lowest BCUT2D eigenvalue weighted by Crippen LogP contribution is -2.60. The van der Waals surface area contributed by atoms with Gasteiger partial charge in [0.1, 0.15) is 70.9 Å². The van der Waals surface area contributed by atoms with Gasteiger partial charge in [-0.1, -0.05) is 0 Å².